The second-order valence-corrected chi connectivity index (χ2v) is 3.35. The van der Waals surface area contributed by atoms with Crippen LogP contribution >= 0.6 is 0 Å². The molecule has 0 saturated carbocycles. The van der Waals surface area contributed by atoms with Gasteiger partial charge in [-0.15, -0.1) is 0 Å². The average Bonchev–Trinajstić information content (AvgIpc) is 2.25. The number of benzene rings is 1. The number of para-hydroxylation sites is 1. The van der Waals surface area contributed by atoms with Crippen molar-refractivity contribution in [1.82, 2.24) is 0 Å². The van der Waals surface area contributed by atoms with Crippen molar-refractivity contribution in [3.8, 4) is 0 Å². The number of nitro benzene ring substituents is 1. The van der Waals surface area contributed by atoms with Crippen LogP contribution in [0.2, 0.25) is 0 Å². The minimum atomic E-state index is -3.15. The van der Waals surface area contributed by atoms with E-state index >= 15 is 0 Å². The highest BCUT2D eigenvalue weighted by molar-refractivity contribution is 7.74. The Kier molecular flexibility index (Phi) is 4.20. The summed E-state index contributed by atoms with van der Waals surface area (Å²) in [5.74, 6) is 0. The highest BCUT2D eigenvalue weighted by atomic mass is 32.2. The van der Waals surface area contributed by atoms with E-state index < -0.39 is 38.7 Å². The Morgan fingerprint density at radius 3 is 2.29 bits per heavy atom. The zero-order chi connectivity index (χ0) is 13.0. The predicted molar refractivity (Wildman–Crippen MR) is 52.8 cm³/mol. The molecular formula is C7H5N2O7S-. The third-order valence-electron chi connectivity index (χ3n) is 1.76. The minimum absolute atomic E-state index is 0.438. The highest BCUT2D eigenvalue weighted by Gasteiger charge is 2.32. The molecular weight excluding hydrogens is 256 g/mol. The van der Waals surface area contributed by atoms with Gasteiger partial charge < -0.3 is 4.55 Å². The van der Waals surface area contributed by atoms with Crippen molar-refractivity contribution in [2.75, 3.05) is 0 Å². The molecule has 0 aliphatic carbocycles. The van der Waals surface area contributed by atoms with Gasteiger partial charge in [-0.1, -0.05) is 12.1 Å². The molecule has 0 saturated heterocycles. The fraction of sp³-hybridized carbons (Fsp3) is 0.143. The number of nitrogens with zero attached hydrogens (tertiary/aromatic N) is 2. The minimum Gasteiger partial charge on any atom is -0.750 e. The summed E-state index contributed by atoms with van der Waals surface area (Å²) < 4.78 is 24.5. The van der Waals surface area contributed by atoms with Gasteiger partial charge in [0.2, 0.25) is 0 Å². The van der Waals surface area contributed by atoms with E-state index in [-0.39, 0.29) is 0 Å². The first kappa shape index (κ1) is 13.2. The molecule has 0 aliphatic rings. The predicted octanol–water partition coefficient (Wildman–Crippen LogP) is 0.681. The first-order valence-corrected chi connectivity index (χ1v) is 5.06. The van der Waals surface area contributed by atoms with Crippen LogP contribution in [0.5, 0.6) is 0 Å². The van der Waals surface area contributed by atoms with Crippen LogP contribution in [-0.4, -0.2) is 18.6 Å². The monoisotopic (exact) mass is 261 g/mol. The smallest absolute Gasteiger partial charge is 0.360 e. The Bertz CT molecular complexity index is 477. The molecule has 2 atom stereocenters. The summed E-state index contributed by atoms with van der Waals surface area (Å²) in [7, 11) is 0. The standard InChI is InChI=1S/C7H6N2O7S/c10-8(11)6-4-2-1-3-5(6)7(9(12)13)16-17(14)15/h1-4,7H,(H,14,15)/p-1. The largest absolute Gasteiger partial charge is 0.750 e. The van der Waals surface area contributed by atoms with Crippen LogP contribution in [0.4, 0.5) is 5.69 Å². The van der Waals surface area contributed by atoms with Crippen molar-refractivity contribution in [2.45, 2.75) is 6.23 Å². The van der Waals surface area contributed by atoms with Crippen LogP contribution < -0.4 is 0 Å². The summed E-state index contributed by atoms with van der Waals surface area (Å²) in [4.78, 5) is 19.3. The molecule has 9 nitrogen and oxygen atoms in total. The van der Waals surface area contributed by atoms with Gasteiger partial charge in [0.1, 0.15) is 5.56 Å². The first-order valence-electron chi connectivity index (χ1n) is 4.06. The van der Waals surface area contributed by atoms with E-state index in [9.17, 15) is 29.0 Å². The Balaban J connectivity index is 3.22. The lowest BCUT2D eigenvalue weighted by molar-refractivity contribution is -0.571. The van der Waals surface area contributed by atoms with Gasteiger partial charge in [-0.25, -0.2) is 8.39 Å². The van der Waals surface area contributed by atoms with E-state index in [1.54, 1.807) is 0 Å². The Labute approximate surface area is 96.8 Å². The van der Waals surface area contributed by atoms with Crippen LogP contribution in [0.3, 0.4) is 0 Å². The van der Waals surface area contributed by atoms with Crippen molar-refractivity contribution in [2.24, 2.45) is 0 Å². The molecule has 0 fully saturated rings. The summed E-state index contributed by atoms with van der Waals surface area (Å²) in [6.07, 6.45) is -2.13. The van der Waals surface area contributed by atoms with Crippen molar-refractivity contribution in [1.29, 1.82) is 0 Å². The number of hydrogen-bond acceptors (Lipinski definition) is 7. The van der Waals surface area contributed by atoms with Crippen LogP contribution in [0.1, 0.15) is 11.8 Å². The molecule has 0 heterocycles. The van der Waals surface area contributed by atoms with Crippen LogP contribution in [0.25, 0.3) is 0 Å². The second-order valence-electron chi connectivity index (χ2n) is 2.75. The van der Waals surface area contributed by atoms with Crippen molar-refractivity contribution < 1.29 is 22.8 Å². The number of hydrogen-bond donors (Lipinski definition) is 0. The molecule has 0 spiro atoms. The zero-order valence-electron chi connectivity index (χ0n) is 8.05. The molecule has 0 aliphatic heterocycles. The zero-order valence-corrected chi connectivity index (χ0v) is 8.86. The van der Waals surface area contributed by atoms with Gasteiger partial charge in [-0.3, -0.25) is 20.2 Å². The van der Waals surface area contributed by atoms with Gasteiger partial charge >= 0.3 is 6.23 Å². The van der Waals surface area contributed by atoms with Gasteiger partial charge in [-0.05, 0) is 6.07 Å². The van der Waals surface area contributed by atoms with E-state index in [2.05, 4.69) is 4.18 Å². The molecule has 2 unspecified atom stereocenters. The van der Waals surface area contributed by atoms with E-state index in [1.807, 2.05) is 0 Å². The lowest BCUT2D eigenvalue weighted by atomic mass is 10.1. The number of nitro groups is 2. The SMILES string of the molecule is O=[N+]([O-])c1ccccc1C(OS(=O)[O-])[N+](=O)[O-]. The highest BCUT2D eigenvalue weighted by Crippen LogP contribution is 2.28. The molecule has 1 aromatic rings. The fourth-order valence-corrected chi connectivity index (χ4v) is 1.46. The summed E-state index contributed by atoms with van der Waals surface area (Å²) >= 11 is -3.15. The van der Waals surface area contributed by atoms with Crippen molar-refractivity contribution in [3.05, 3.63) is 50.1 Å². The summed E-state index contributed by atoms with van der Waals surface area (Å²) in [5, 5.41) is 21.2. The molecule has 1 rings (SSSR count). The Morgan fingerprint density at radius 1 is 1.24 bits per heavy atom. The molecule has 0 radical (unpaired) electrons. The van der Waals surface area contributed by atoms with Gasteiger partial charge in [0.05, 0.1) is 21.2 Å². The van der Waals surface area contributed by atoms with E-state index in [0.717, 1.165) is 12.1 Å². The molecule has 0 aromatic heterocycles. The van der Waals surface area contributed by atoms with Gasteiger partial charge in [0.25, 0.3) is 5.69 Å². The van der Waals surface area contributed by atoms with Gasteiger partial charge in [-0.2, -0.15) is 0 Å². The third-order valence-corrected chi connectivity index (χ3v) is 2.10. The molecule has 0 bridgehead atoms. The van der Waals surface area contributed by atoms with Crippen molar-refractivity contribution >= 4 is 17.0 Å². The summed E-state index contributed by atoms with van der Waals surface area (Å²) in [6, 6.07) is 4.67. The third kappa shape index (κ3) is 3.27. The summed E-state index contributed by atoms with van der Waals surface area (Å²) in [6.45, 7) is 0. The second kappa shape index (κ2) is 5.43. The maximum atomic E-state index is 10.6. The molecule has 92 valence electrons. The lowest BCUT2D eigenvalue weighted by Gasteiger charge is -2.11. The van der Waals surface area contributed by atoms with E-state index in [0.29, 0.717) is 0 Å². The van der Waals surface area contributed by atoms with Gasteiger partial charge in [0, 0.05) is 6.07 Å². The molecule has 17 heavy (non-hydrogen) atoms. The topological polar surface area (TPSA) is 136 Å². The van der Waals surface area contributed by atoms with Gasteiger partial charge in [0.15, 0.2) is 0 Å². The van der Waals surface area contributed by atoms with Crippen LogP contribution in [0.15, 0.2) is 24.3 Å². The molecule has 10 heteroatoms. The Hall–Kier alpha value is -1.91. The fourth-order valence-electron chi connectivity index (χ4n) is 1.14. The first-order chi connectivity index (χ1) is 7.93. The average molecular weight is 261 g/mol. The van der Waals surface area contributed by atoms with E-state index in [1.165, 1.54) is 12.1 Å². The maximum absolute atomic E-state index is 10.6. The van der Waals surface area contributed by atoms with Crippen LogP contribution in [-0.2, 0) is 15.5 Å². The molecule has 0 amide bonds. The molecule has 0 N–H and O–H groups in total. The lowest BCUT2D eigenvalue weighted by Crippen LogP contribution is -2.17. The Morgan fingerprint density at radius 2 is 1.82 bits per heavy atom. The number of rotatable bonds is 5. The van der Waals surface area contributed by atoms with E-state index in [4.69, 9.17) is 0 Å². The van der Waals surface area contributed by atoms with Crippen molar-refractivity contribution in [3.63, 3.8) is 0 Å². The quantitative estimate of drug-likeness (QED) is 0.329. The maximum Gasteiger partial charge on any atom is 0.360 e. The van der Waals surface area contributed by atoms with Crippen LogP contribution in [0, 0.1) is 20.2 Å². The normalized spacial score (nSPS) is 13.9. The molecule has 1 aromatic carbocycles. The summed E-state index contributed by atoms with van der Waals surface area (Å²) in [5.41, 5.74) is -1.02.